The highest BCUT2D eigenvalue weighted by Gasteiger charge is 2.46. The van der Waals surface area contributed by atoms with E-state index in [1.807, 2.05) is 38.1 Å². The van der Waals surface area contributed by atoms with E-state index in [0.29, 0.717) is 25.8 Å². The summed E-state index contributed by atoms with van der Waals surface area (Å²) in [4.78, 5) is 36.9. The van der Waals surface area contributed by atoms with E-state index in [0.717, 1.165) is 17.5 Å². The number of aliphatic carboxylic acids is 1. The first kappa shape index (κ1) is 24.8. The molecule has 2 amide bonds. The molecule has 0 spiro atoms. The first-order valence-corrected chi connectivity index (χ1v) is 12.4. The highest BCUT2D eigenvalue weighted by Crippen LogP contribution is 2.44. The second-order valence-electron chi connectivity index (χ2n) is 9.91. The Balaban J connectivity index is 1.36. The minimum Gasteiger partial charge on any atom is -0.481 e. The lowest BCUT2D eigenvalue weighted by Crippen LogP contribution is -2.52. The van der Waals surface area contributed by atoms with Gasteiger partial charge in [0.2, 0.25) is 5.91 Å². The Morgan fingerprint density at radius 2 is 1.71 bits per heavy atom. The summed E-state index contributed by atoms with van der Waals surface area (Å²) in [5.41, 5.74) is 3.89. The van der Waals surface area contributed by atoms with Crippen molar-refractivity contribution in [3.8, 4) is 11.1 Å². The van der Waals surface area contributed by atoms with E-state index in [9.17, 15) is 14.4 Å². The molecular weight excluding hydrogens is 444 g/mol. The van der Waals surface area contributed by atoms with Gasteiger partial charge in [-0.1, -0.05) is 68.3 Å². The van der Waals surface area contributed by atoms with E-state index in [2.05, 4.69) is 34.9 Å². The Hall–Kier alpha value is -3.35. The third kappa shape index (κ3) is 5.19. The zero-order valence-electron chi connectivity index (χ0n) is 20.4. The maximum Gasteiger partial charge on any atom is 0.407 e. The van der Waals surface area contributed by atoms with Gasteiger partial charge >= 0.3 is 12.1 Å². The van der Waals surface area contributed by atoms with E-state index in [1.54, 1.807) is 0 Å². The van der Waals surface area contributed by atoms with Crippen molar-refractivity contribution in [2.75, 3.05) is 13.2 Å². The van der Waals surface area contributed by atoms with Crippen LogP contribution >= 0.6 is 0 Å². The van der Waals surface area contributed by atoms with Crippen LogP contribution in [0.2, 0.25) is 0 Å². The smallest absolute Gasteiger partial charge is 0.407 e. The molecule has 1 saturated carbocycles. The molecule has 7 nitrogen and oxygen atoms in total. The highest BCUT2D eigenvalue weighted by atomic mass is 16.5. The molecule has 2 aromatic carbocycles. The molecule has 4 rings (SSSR count). The van der Waals surface area contributed by atoms with Gasteiger partial charge in [-0.3, -0.25) is 9.59 Å². The summed E-state index contributed by atoms with van der Waals surface area (Å²) in [7, 11) is 0. The summed E-state index contributed by atoms with van der Waals surface area (Å²) in [6.07, 6.45) is 2.35. The number of carboxylic acid groups (broad SMARTS) is 1. The number of hydrogen-bond acceptors (Lipinski definition) is 4. The number of nitrogens with one attached hydrogen (secondary N) is 2. The van der Waals surface area contributed by atoms with Crippen molar-refractivity contribution in [2.24, 2.45) is 11.3 Å². The number of amides is 2. The average Bonchev–Trinajstić information content (AvgIpc) is 3.38. The van der Waals surface area contributed by atoms with Crippen molar-refractivity contribution in [3.63, 3.8) is 0 Å². The molecule has 2 aliphatic carbocycles. The lowest BCUT2D eigenvalue weighted by Gasteiger charge is -2.31. The van der Waals surface area contributed by atoms with Gasteiger partial charge in [0.25, 0.3) is 0 Å². The van der Waals surface area contributed by atoms with Crippen molar-refractivity contribution in [3.05, 3.63) is 59.7 Å². The van der Waals surface area contributed by atoms with Crippen molar-refractivity contribution in [1.82, 2.24) is 10.6 Å². The second kappa shape index (κ2) is 10.5. The molecule has 0 aliphatic heterocycles. The van der Waals surface area contributed by atoms with Crippen molar-refractivity contribution >= 4 is 18.0 Å². The molecule has 7 heteroatoms. The normalized spacial score (nSPS) is 21.6. The van der Waals surface area contributed by atoms with Crippen LogP contribution in [0.1, 0.15) is 63.0 Å². The fourth-order valence-electron chi connectivity index (χ4n) is 5.50. The second-order valence-corrected chi connectivity index (χ2v) is 9.91. The molecular formula is C28H34N2O5. The van der Waals surface area contributed by atoms with Crippen molar-refractivity contribution in [2.45, 2.75) is 57.9 Å². The van der Waals surface area contributed by atoms with Crippen LogP contribution in [0.25, 0.3) is 11.1 Å². The molecule has 0 radical (unpaired) electrons. The average molecular weight is 479 g/mol. The number of alkyl carbamates (subject to hydrolysis) is 1. The minimum absolute atomic E-state index is 0.0216. The maximum absolute atomic E-state index is 13.1. The van der Waals surface area contributed by atoms with E-state index in [4.69, 9.17) is 9.84 Å². The minimum atomic E-state index is -0.868. The Morgan fingerprint density at radius 3 is 2.31 bits per heavy atom. The van der Waals surface area contributed by atoms with Crippen LogP contribution in [0.15, 0.2) is 48.5 Å². The molecule has 0 bridgehead atoms. The van der Waals surface area contributed by atoms with Gasteiger partial charge in [-0.05, 0) is 47.9 Å². The number of rotatable bonds is 9. The highest BCUT2D eigenvalue weighted by molar-refractivity contribution is 5.84. The van der Waals surface area contributed by atoms with Crippen LogP contribution in [0.5, 0.6) is 0 Å². The first-order chi connectivity index (χ1) is 16.8. The molecule has 0 saturated heterocycles. The summed E-state index contributed by atoms with van der Waals surface area (Å²) < 4.78 is 5.69. The number of carbonyl (C=O) groups is 3. The zero-order valence-corrected chi connectivity index (χ0v) is 20.4. The quantitative estimate of drug-likeness (QED) is 0.485. The summed E-state index contributed by atoms with van der Waals surface area (Å²) >= 11 is 0. The van der Waals surface area contributed by atoms with Gasteiger partial charge in [0.05, 0.1) is 5.41 Å². The van der Waals surface area contributed by atoms with Gasteiger partial charge in [-0.2, -0.15) is 0 Å². The van der Waals surface area contributed by atoms with Crippen LogP contribution in [0.3, 0.4) is 0 Å². The fraction of sp³-hybridized carbons (Fsp3) is 0.464. The third-order valence-electron chi connectivity index (χ3n) is 7.70. The Bertz CT molecular complexity index is 1050. The van der Waals surface area contributed by atoms with Gasteiger partial charge in [0, 0.05) is 24.9 Å². The predicted molar refractivity (Wildman–Crippen MR) is 133 cm³/mol. The summed E-state index contributed by atoms with van der Waals surface area (Å²) in [6, 6.07) is 16.0. The molecule has 3 atom stereocenters. The predicted octanol–water partition coefficient (Wildman–Crippen LogP) is 4.70. The number of ether oxygens (including phenoxy) is 1. The van der Waals surface area contributed by atoms with Crippen LogP contribution in [0, 0.1) is 11.3 Å². The lowest BCUT2D eigenvalue weighted by atomic mass is 9.83. The molecule has 3 N–H and O–H groups in total. The number of fused-ring (bicyclic) bond motifs is 3. The standard InChI is InChI=1S/C28H34N2O5/c1-3-18(15-25(31)32)16-29-26(33)28(2)14-8-13-24(28)30-27(34)35-17-23-21-11-6-4-9-19(21)20-10-5-7-12-22(20)23/h4-7,9-12,18,23-24H,3,8,13-17H2,1-2H3,(H,29,33)(H,30,34)(H,31,32). The zero-order chi connectivity index (χ0) is 25.0. The van der Waals surface area contributed by atoms with Gasteiger partial charge in [-0.15, -0.1) is 0 Å². The van der Waals surface area contributed by atoms with Gasteiger partial charge in [0.1, 0.15) is 6.61 Å². The van der Waals surface area contributed by atoms with Gasteiger partial charge < -0.3 is 20.5 Å². The molecule has 35 heavy (non-hydrogen) atoms. The molecule has 1 fully saturated rings. The summed E-state index contributed by atoms with van der Waals surface area (Å²) in [5.74, 6) is -1.16. The first-order valence-electron chi connectivity index (χ1n) is 12.4. The molecule has 186 valence electrons. The maximum atomic E-state index is 13.1. The van der Waals surface area contributed by atoms with Crippen LogP contribution < -0.4 is 10.6 Å². The molecule has 2 aromatic rings. The molecule has 0 heterocycles. The van der Waals surface area contributed by atoms with Gasteiger partial charge in [0.15, 0.2) is 0 Å². The van der Waals surface area contributed by atoms with E-state index in [1.165, 1.54) is 11.1 Å². The van der Waals surface area contributed by atoms with E-state index in [-0.39, 0.29) is 36.8 Å². The Labute approximate surface area is 206 Å². The fourth-order valence-corrected chi connectivity index (χ4v) is 5.50. The topological polar surface area (TPSA) is 105 Å². The molecule has 3 unspecified atom stereocenters. The van der Waals surface area contributed by atoms with Crippen LogP contribution in [-0.4, -0.2) is 42.3 Å². The largest absolute Gasteiger partial charge is 0.481 e. The Kier molecular flexibility index (Phi) is 7.43. The number of carboxylic acids is 1. The number of hydrogen-bond donors (Lipinski definition) is 3. The molecule has 0 aromatic heterocycles. The molecule has 2 aliphatic rings. The SMILES string of the molecule is CCC(CNC(=O)C1(C)CCCC1NC(=O)OCC1c2ccccc2-c2ccccc21)CC(=O)O. The van der Waals surface area contributed by atoms with Crippen molar-refractivity contribution < 1.29 is 24.2 Å². The Morgan fingerprint density at radius 1 is 1.09 bits per heavy atom. The lowest BCUT2D eigenvalue weighted by molar-refractivity contribution is -0.138. The van der Waals surface area contributed by atoms with Gasteiger partial charge in [-0.25, -0.2) is 4.79 Å². The van der Waals surface area contributed by atoms with E-state index < -0.39 is 17.5 Å². The van der Waals surface area contributed by atoms with Crippen LogP contribution in [0.4, 0.5) is 4.79 Å². The van der Waals surface area contributed by atoms with Crippen LogP contribution in [-0.2, 0) is 14.3 Å². The third-order valence-corrected chi connectivity index (χ3v) is 7.70. The number of carbonyl (C=O) groups excluding carboxylic acids is 2. The number of benzene rings is 2. The summed E-state index contributed by atoms with van der Waals surface area (Å²) in [5, 5.41) is 14.9. The van der Waals surface area contributed by atoms with E-state index >= 15 is 0 Å². The summed E-state index contributed by atoms with van der Waals surface area (Å²) in [6.45, 7) is 4.32. The van der Waals surface area contributed by atoms with Crippen molar-refractivity contribution in [1.29, 1.82) is 0 Å². The monoisotopic (exact) mass is 478 g/mol.